The Bertz CT molecular complexity index is 645. The van der Waals surface area contributed by atoms with Crippen LogP contribution in [0.1, 0.15) is 24.0 Å². The molecule has 0 bridgehead atoms. The average Bonchev–Trinajstić information content (AvgIpc) is 3.33. The van der Waals surface area contributed by atoms with Gasteiger partial charge in [0.25, 0.3) is 0 Å². The van der Waals surface area contributed by atoms with Gasteiger partial charge in [-0.25, -0.2) is 0 Å². The first-order valence-electron chi connectivity index (χ1n) is 7.33. The molecule has 2 aromatic carbocycles. The predicted octanol–water partition coefficient (Wildman–Crippen LogP) is 3.58. The lowest BCUT2D eigenvalue weighted by Gasteiger charge is -2.16. The Hall–Kier alpha value is -1.71. The summed E-state index contributed by atoms with van der Waals surface area (Å²) in [5.41, 5.74) is 10.4. The summed E-state index contributed by atoms with van der Waals surface area (Å²) in [6.07, 6.45) is 2.69. The van der Waals surface area contributed by atoms with Crippen molar-refractivity contribution in [3.8, 4) is 11.1 Å². The highest BCUT2D eigenvalue weighted by Crippen LogP contribution is 2.28. The van der Waals surface area contributed by atoms with Gasteiger partial charge in [0.2, 0.25) is 0 Å². The van der Waals surface area contributed by atoms with Gasteiger partial charge in [-0.2, -0.15) is 0 Å². The summed E-state index contributed by atoms with van der Waals surface area (Å²) in [5, 5.41) is 0. The highest BCUT2D eigenvalue weighted by molar-refractivity contribution is 7.80. The van der Waals surface area contributed by atoms with Crippen molar-refractivity contribution < 1.29 is 0 Å². The van der Waals surface area contributed by atoms with Gasteiger partial charge in [0.15, 0.2) is 0 Å². The molecule has 108 valence electrons. The summed E-state index contributed by atoms with van der Waals surface area (Å²) in [5.74, 6) is 0. The Morgan fingerprint density at radius 3 is 2.43 bits per heavy atom. The van der Waals surface area contributed by atoms with Gasteiger partial charge in [-0.15, -0.1) is 0 Å². The summed E-state index contributed by atoms with van der Waals surface area (Å²) in [6.45, 7) is 1.02. The van der Waals surface area contributed by atoms with Crippen molar-refractivity contribution in [2.45, 2.75) is 25.4 Å². The van der Waals surface area contributed by atoms with Crippen LogP contribution in [0.3, 0.4) is 0 Å². The number of hydrogen-bond donors (Lipinski definition) is 1. The molecule has 1 saturated carbocycles. The van der Waals surface area contributed by atoms with E-state index in [1.54, 1.807) is 0 Å². The van der Waals surface area contributed by atoms with Crippen LogP contribution >= 0.6 is 12.2 Å². The smallest absolute Gasteiger partial charge is 0.104 e. The van der Waals surface area contributed by atoms with Crippen LogP contribution in [-0.4, -0.2) is 23.0 Å². The second kappa shape index (κ2) is 5.96. The first-order valence-corrected chi connectivity index (χ1v) is 7.74. The highest BCUT2D eigenvalue weighted by atomic mass is 32.1. The lowest BCUT2D eigenvalue weighted by molar-refractivity contribution is 0.316. The third-order valence-electron chi connectivity index (χ3n) is 4.06. The maximum Gasteiger partial charge on any atom is 0.104 e. The quantitative estimate of drug-likeness (QED) is 0.855. The molecule has 0 spiro atoms. The van der Waals surface area contributed by atoms with Crippen LogP contribution in [0.4, 0.5) is 0 Å². The molecule has 0 amide bonds. The topological polar surface area (TPSA) is 29.3 Å². The Morgan fingerprint density at radius 1 is 1.14 bits per heavy atom. The van der Waals surface area contributed by atoms with Crippen LogP contribution in [0.15, 0.2) is 48.5 Å². The summed E-state index contributed by atoms with van der Waals surface area (Å²) in [6, 6.07) is 17.5. The summed E-state index contributed by atoms with van der Waals surface area (Å²) in [7, 11) is 2.20. The van der Waals surface area contributed by atoms with Gasteiger partial charge in [0.05, 0.1) is 0 Å². The van der Waals surface area contributed by atoms with E-state index in [1.165, 1.54) is 18.4 Å². The fourth-order valence-corrected chi connectivity index (χ4v) is 2.85. The van der Waals surface area contributed by atoms with E-state index in [-0.39, 0.29) is 0 Å². The molecule has 2 N–H and O–H groups in total. The zero-order valence-electron chi connectivity index (χ0n) is 12.3. The molecular formula is C18H20N2S. The fraction of sp³-hybridized carbons (Fsp3) is 0.278. The van der Waals surface area contributed by atoms with Crippen LogP contribution < -0.4 is 5.73 Å². The SMILES string of the molecule is CN(Cc1ccc(-c2ccccc2C(N)=S)cc1)C1CC1. The largest absolute Gasteiger partial charge is 0.389 e. The Labute approximate surface area is 131 Å². The molecule has 1 aliphatic rings. The molecule has 0 saturated heterocycles. The Balaban J connectivity index is 1.82. The number of nitrogens with zero attached hydrogens (tertiary/aromatic N) is 1. The molecule has 21 heavy (non-hydrogen) atoms. The molecule has 1 fully saturated rings. The molecule has 2 nitrogen and oxygen atoms in total. The monoisotopic (exact) mass is 296 g/mol. The van der Waals surface area contributed by atoms with Crippen molar-refractivity contribution >= 4 is 17.2 Å². The van der Waals surface area contributed by atoms with E-state index >= 15 is 0 Å². The van der Waals surface area contributed by atoms with Crippen molar-refractivity contribution in [2.24, 2.45) is 5.73 Å². The van der Waals surface area contributed by atoms with E-state index in [1.807, 2.05) is 18.2 Å². The van der Waals surface area contributed by atoms with Gasteiger partial charge < -0.3 is 5.73 Å². The molecule has 3 rings (SSSR count). The summed E-state index contributed by atoms with van der Waals surface area (Å²) >= 11 is 5.14. The molecular weight excluding hydrogens is 276 g/mol. The van der Waals surface area contributed by atoms with Gasteiger partial charge in [0.1, 0.15) is 4.99 Å². The van der Waals surface area contributed by atoms with Crippen molar-refractivity contribution in [3.63, 3.8) is 0 Å². The molecule has 0 aliphatic heterocycles. The molecule has 0 unspecified atom stereocenters. The van der Waals surface area contributed by atoms with E-state index < -0.39 is 0 Å². The number of thiocarbonyl (C=S) groups is 1. The average molecular weight is 296 g/mol. The van der Waals surface area contributed by atoms with Crippen LogP contribution in [-0.2, 0) is 6.54 Å². The van der Waals surface area contributed by atoms with Gasteiger partial charge in [-0.05, 0) is 36.6 Å². The third kappa shape index (κ3) is 3.31. The van der Waals surface area contributed by atoms with Crippen molar-refractivity contribution in [1.29, 1.82) is 0 Å². The first-order chi connectivity index (χ1) is 10.1. The van der Waals surface area contributed by atoms with Crippen molar-refractivity contribution in [2.75, 3.05) is 7.05 Å². The standard InChI is InChI=1S/C18H20N2S/c1-20(15-10-11-15)12-13-6-8-14(9-7-13)16-4-2-3-5-17(16)18(19)21/h2-9,15H,10-12H2,1H3,(H2,19,21). The molecule has 2 aromatic rings. The maximum atomic E-state index is 5.81. The molecule has 0 atom stereocenters. The van der Waals surface area contributed by atoms with Crippen LogP contribution in [0.25, 0.3) is 11.1 Å². The predicted molar refractivity (Wildman–Crippen MR) is 92.3 cm³/mol. The lowest BCUT2D eigenvalue weighted by Crippen LogP contribution is -2.19. The zero-order valence-corrected chi connectivity index (χ0v) is 13.1. The maximum absolute atomic E-state index is 5.81. The second-order valence-corrected chi connectivity index (χ2v) is 6.19. The van der Waals surface area contributed by atoms with E-state index in [9.17, 15) is 0 Å². The van der Waals surface area contributed by atoms with Gasteiger partial charge in [-0.1, -0.05) is 60.7 Å². The Morgan fingerprint density at radius 2 is 1.81 bits per heavy atom. The van der Waals surface area contributed by atoms with Gasteiger partial charge in [-0.3, -0.25) is 4.90 Å². The van der Waals surface area contributed by atoms with Crippen LogP contribution in [0.5, 0.6) is 0 Å². The van der Waals surface area contributed by atoms with Crippen LogP contribution in [0, 0.1) is 0 Å². The highest BCUT2D eigenvalue weighted by Gasteiger charge is 2.25. The summed E-state index contributed by atoms with van der Waals surface area (Å²) < 4.78 is 0. The Kier molecular flexibility index (Phi) is 4.04. The van der Waals surface area contributed by atoms with E-state index in [0.717, 1.165) is 29.3 Å². The minimum atomic E-state index is 0.447. The molecule has 1 aliphatic carbocycles. The molecule has 0 aromatic heterocycles. The van der Waals surface area contributed by atoms with Crippen molar-refractivity contribution in [3.05, 3.63) is 59.7 Å². The van der Waals surface area contributed by atoms with Gasteiger partial charge >= 0.3 is 0 Å². The second-order valence-electron chi connectivity index (χ2n) is 5.75. The summed E-state index contributed by atoms with van der Waals surface area (Å²) in [4.78, 5) is 2.88. The van der Waals surface area contributed by atoms with E-state index in [2.05, 4.69) is 42.3 Å². The number of hydrogen-bond acceptors (Lipinski definition) is 2. The zero-order chi connectivity index (χ0) is 14.8. The normalized spacial score (nSPS) is 14.4. The molecule has 0 radical (unpaired) electrons. The van der Waals surface area contributed by atoms with Gasteiger partial charge in [0, 0.05) is 18.2 Å². The molecule has 3 heteroatoms. The third-order valence-corrected chi connectivity index (χ3v) is 4.28. The van der Waals surface area contributed by atoms with Crippen LogP contribution in [0.2, 0.25) is 0 Å². The number of benzene rings is 2. The minimum absolute atomic E-state index is 0.447. The fourth-order valence-electron chi connectivity index (χ4n) is 2.67. The number of nitrogens with two attached hydrogens (primary N) is 1. The number of rotatable bonds is 5. The minimum Gasteiger partial charge on any atom is -0.389 e. The first kappa shape index (κ1) is 14.2. The van der Waals surface area contributed by atoms with E-state index in [4.69, 9.17) is 18.0 Å². The van der Waals surface area contributed by atoms with Crippen molar-refractivity contribution in [1.82, 2.24) is 4.90 Å². The lowest BCUT2D eigenvalue weighted by atomic mass is 9.98. The molecule has 0 heterocycles. The van der Waals surface area contributed by atoms with E-state index in [0.29, 0.717) is 4.99 Å².